The van der Waals surface area contributed by atoms with E-state index < -0.39 is 23.4 Å². The SMILES string of the molecule is CC(C)Cn1c(=O)n(C)c(=O)c2c1nc(Oc1cccc(OC(F)(F)F)c1)n2Cc1ccc(Cl)cc1. The van der Waals surface area contributed by atoms with Gasteiger partial charge in [0, 0.05) is 24.7 Å². The first kappa shape index (κ1) is 25.4. The Bertz CT molecular complexity index is 1520. The van der Waals surface area contributed by atoms with Gasteiger partial charge >= 0.3 is 18.1 Å². The van der Waals surface area contributed by atoms with E-state index in [0.29, 0.717) is 5.02 Å². The fourth-order valence-corrected chi connectivity index (χ4v) is 3.83. The number of nitrogens with zero attached hydrogens (tertiary/aromatic N) is 4. The molecule has 0 fully saturated rings. The van der Waals surface area contributed by atoms with Gasteiger partial charge in [0.15, 0.2) is 11.2 Å². The van der Waals surface area contributed by atoms with Crippen LogP contribution in [0.1, 0.15) is 19.4 Å². The number of hydrogen-bond donors (Lipinski definition) is 0. The lowest BCUT2D eigenvalue weighted by Gasteiger charge is -2.13. The lowest BCUT2D eigenvalue weighted by atomic mass is 10.2. The molecule has 12 heteroatoms. The van der Waals surface area contributed by atoms with Crippen molar-refractivity contribution >= 4 is 22.8 Å². The second-order valence-corrected chi connectivity index (χ2v) is 8.99. The number of alkyl halides is 3. The molecule has 0 saturated carbocycles. The van der Waals surface area contributed by atoms with Crippen LogP contribution in [-0.2, 0) is 20.1 Å². The van der Waals surface area contributed by atoms with Crippen LogP contribution in [0.4, 0.5) is 13.2 Å². The summed E-state index contributed by atoms with van der Waals surface area (Å²) in [7, 11) is 1.37. The van der Waals surface area contributed by atoms with Gasteiger partial charge in [-0.3, -0.25) is 18.5 Å². The quantitative estimate of drug-likeness (QED) is 0.343. The maximum atomic E-state index is 13.2. The van der Waals surface area contributed by atoms with Crippen LogP contribution in [0.15, 0.2) is 58.1 Å². The highest BCUT2D eigenvalue weighted by Crippen LogP contribution is 2.30. The van der Waals surface area contributed by atoms with Crippen LogP contribution in [0, 0.1) is 5.92 Å². The Morgan fingerprint density at radius 1 is 1.03 bits per heavy atom. The molecule has 0 aliphatic carbocycles. The fraction of sp³-hybridized carbons (Fsp3) is 0.292. The van der Waals surface area contributed by atoms with E-state index in [4.69, 9.17) is 16.3 Å². The van der Waals surface area contributed by atoms with E-state index in [0.717, 1.165) is 22.3 Å². The van der Waals surface area contributed by atoms with Crippen molar-refractivity contribution in [3.63, 3.8) is 0 Å². The summed E-state index contributed by atoms with van der Waals surface area (Å²) in [6.07, 6.45) is -4.88. The topological polar surface area (TPSA) is 80.3 Å². The molecular weight excluding hydrogens is 501 g/mol. The number of hydrogen-bond acceptors (Lipinski definition) is 5. The van der Waals surface area contributed by atoms with Crippen molar-refractivity contribution in [3.05, 3.63) is 80.0 Å². The molecule has 190 valence electrons. The predicted octanol–water partition coefficient (Wildman–Crippen LogP) is 4.95. The fourth-order valence-electron chi connectivity index (χ4n) is 3.70. The summed E-state index contributed by atoms with van der Waals surface area (Å²) in [5.74, 6) is -0.419. The highest BCUT2D eigenvalue weighted by atomic mass is 35.5. The molecule has 0 aliphatic rings. The van der Waals surface area contributed by atoms with Crippen LogP contribution in [0.5, 0.6) is 17.5 Å². The Morgan fingerprint density at radius 3 is 2.33 bits per heavy atom. The molecule has 8 nitrogen and oxygen atoms in total. The van der Waals surface area contributed by atoms with E-state index in [9.17, 15) is 22.8 Å². The molecule has 0 saturated heterocycles. The van der Waals surface area contributed by atoms with Crippen molar-refractivity contribution in [2.75, 3.05) is 0 Å². The van der Waals surface area contributed by atoms with Crippen LogP contribution in [0.3, 0.4) is 0 Å². The molecule has 0 radical (unpaired) electrons. The Hall–Kier alpha value is -3.73. The summed E-state index contributed by atoms with van der Waals surface area (Å²) in [5.41, 5.74) is -0.139. The van der Waals surface area contributed by atoms with Crippen molar-refractivity contribution in [2.45, 2.75) is 33.3 Å². The number of imidazole rings is 1. The van der Waals surface area contributed by atoms with Gasteiger partial charge in [-0.15, -0.1) is 13.2 Å². The van der Waals surface area contributed by atoms with Crippen LogP contribution in [0.2, 0.25) is 5.02 Å². The zero-order valence-electron chi connectivity index (χ0n) is 19.5. The van der Waals surface area contributed by atoms with Gasteiger partial charge in [0.2, 0.25) is 0 Å². The molecule has 0 atom stereocenters. The number of ether oxygens (including phenoxy) is 2. The van der Waals surface area contributed by atoms with Crippen LogP contribution < -0.4 is 20.7 Å². The number of rotatable bonds is 7. The number of aromatic nitrogens is 4. The number of halogens is 4. The van der Waals surface area contributed by atoms with Gasteiger partial charge in [-0.2, -0.15) is 4.98 Å². The Labute approximate surface area is 208 Å². The van der Waals surface area contributed by atoms with E-state index >= 15 is 0 Å². The minimum Gasteiger partial charge on any atom is -0.425 e. The van der Waals surface area contributed by atoms with Crippen molar-refractivity contribution < 1.29 is 22.6 Å². The van der Waals surface area contributed by atoms with Gasteiger partial charge in [0.1, 0.15) is 11.5 Å². The maximum absolute atomic E-state index is 13.2. The van der Waals surface area contributed by atoms with Crippen molar-refractivity contribution in [3.8, 4) is 17.5 Å². The number of fused-ring (bicyclic) bond motifs is 1. The Morgan fingerprint density at radius 2 is 1.69 bits per heavy atom. The Kier molecular flexibility index (Phi) is 6.85. The molecule has 4 rings (SSSR count). The molecule has 0 spiro atoms. The van der Waals surface area contributed by atoms with Gasteiger partial charge in [-0.05, 0) is 35.7 Å². The van der Waals surface area contributed by atoms with Gasteiger partial charge in [0.25, 0.3) is 5.56 Å². The lowest BCUT2D eigenvalue weighted by Crippen LogP contribution is -2.39. The highest BCUT2D eigenvalue weighted by molar-refractivity contribution is 6.30. The monoisotopic (exact) mass is 522 g/mol. The van der Waals surface area contributed by atoms with Crippen molar-refractivity contribution in [1.82, 2.24) is 18.7 Å². The third-order valence-corrected chi connectivity index (χ3v) is 5.50. The molecular formula is C24H22ClF3N4O4. The third kappa shape index (κ3) is 5.40. The van der Waals surface area contributed by atoms with Crippen molar-refractivity contribution in [1.29, 1.82) is 0 Å². The van der Waals surface area contributed by atoms with E-state index in [2.05, 4.69) is 9.72 Å². The average molecular weight is 523 g/mol. The molecule has 0 amide bonds. The van der Waals surface area contributed by atoms with Crippen LogP contribution >= 0.6 is 11.6 Å². The first-order valence-corrected chi connectivity index (χ1v) is 11.3. The molecule has 0 unspecified atom stereocenters. The Balaban J connectivity index is 1.90. The highest BCUT2D eigenvalue weighted by Gasteiger charge is 2.31. The molecule has 2 heterocycles. The lowest BCUT2D eigenvalue weighted by molar-refractivity contribution is -0.274. The molecule has 2 aromatic heterocycles. The summed E-state index contributed by atoms with van der Waals surface area (Å²) in [5, 5.41) is 0.522. The minimum absolute atomic E-state index is 0.000933. The predicted molar refractivity (Wildman–Crippen MR) is 128 cm³/mol. The average Bonchev–Trinajstić information content (AvgIpc) is 3.13. The maximum Gasteiger partial charge on any atom is 0.573 e. The van der Waals surface area contributed by atoms with Crippen molar-refractivity contribution in [2.24, 2.45) is 13.0 Å². The standard InChI is InChI=1S/C24H22ClF3N4O4/c1-14(2)12-32-20-19(21(33)30(3)23(32)34)31(13-15-7-9-16(25)10-8-15)22(29-20)35-17-5-4-6-18(11-17)36-24(26,27)28/h4-11,14H,12-13H2,1-3H3. The largest absolute Gasteiger partial charge is 0.573 e. The smallest absolute Gasteiger partial charge is 0.425 e. The first-order chi connectivity index (χ1) is 16.9. The second kappa shape index (κ2) is 9.73. The van der Waals surface area contributed by atoms with Gasteiger partial charge in [-0.25, -0.2) is 4.79 Å². The minimum atomic E-state index is -4.88. The summed E-state index contributed by atoms with van der Waals surface area (Å²) in [6.45, 7) is 4.24. The van der Waals surface area contributed by atoms with E-state index in [1.54, 1.807) is 24.3 Å². The summed E-state index contributed by atoms with van der Waals surface area (Å²) >= 11 is 5.99. The van der Waals surface area contributed by atoms with Crippen LogP contribution in [0.25, 0.3) is 11.2 Å². The second-order valence-electron chi connectivity index (χ2n) is 8.56. The van der Waals surface area contributed by atoms with E-state index in [-0.39, 0.29) is 41.9 Å². The zero-order valence-corrected chi connectivity index (χ0v) is 20.3. The zero-order chi connectivity index (χ0) is 26.2. The molecule has 0 N–H and O–H groups in total. The molecule has 0 aliphatic heterocycles. The molecule has 4 aromatic rings. The number of benzene rings is 2. The van der Waals surface area contributed by atoms with Gasteiger partial charge in [-0.1, -0.05) is 43.6 Å². The molecule has 36 heavy (non-hydrogen) atoms. The normalized spacial score (nSPS) is 11.9. The third-order valence-electron chi connectivity index (χ3n) is 5.24. The van der Waals surface area contributed by atoms with Crippen LogP contribution in [-0.4, -0.2) is 25.0 Å². The van der Waals surface area contributed by atoms with E-state index in [1.165, 1.54) is 28.3 Å². The first-order valence-electron chi connectivity index (χ1n) is 10.9. The summed E-state index contributed by atoms with van der Waals surface area (Å²) in [4.78, 5) is 30.5. The molecule has 2 aromatic carbocycles. The molecule has 0 bridgehead atoms. The summed E-state index contributed by atoms with van der Waals surface area (Å²) in [6, 6.07) is 11.7. The van der Waals surface area contributed by atoms with Gasteiger partial charge in [0.05, 0.1) is 6.54 Å². The van der Waals surface area contributed by atoms with Gasteiger partial charge < -0.3 is 9.47 Å². The van der Waals surface area contributed by atoms with E-state index in [1.807, 2.05) is 13.8 Å². The summed E-state index contributed by atoms with van der Waals surface area (Å²) < 4.78 is 51.7.